The molecule has 0 aromatic rings. The van der Waals surface area contributed by atoms with Crippen LogP contribution in [0.3, 0.4) is 0 Å². The van der Waals surface area contributed by atoms with Crippen molar-refractivity contribution in [2.45, 2.75) is 77.3 Å². The average molecular weight is 296 g/mol. The van der Waals surface area contributed by atoms with E-state index in [1.807, 2.05) is 0 Å². The second kappa shape index (κ2) is 8.50. The van der Waals surface area contributed by atoms with Crippen molar-refractivity contribution < 1.29 is 4.74 Å². The van der Waals surface area contributed by atoms with Crippen LogP contribution in [-0.2, 0) is 4.74 Å². The van der Waals surface area contributed by atoms with E-state index in [0.717, 1.165) is 38.8 Å². The van der Waals surface area contributed by atoms with Gasteiger partial charge in [-0.25, -0.2) is 0 Å². The van der Waals surface area contributed by atoms with Crippen LogP contribution >= 0.6 is 0 Å². The number of hydrogen-bond acceptors (Lipinski definition) is 3. The first-order chi connectivity index (χ1) is 10.2. The van der Waals surface area contributed by atoms with E-state index < -0.39 is 0 Å². The lowest BCUT2D eigenvalue weighted by atomic mass is 9.80. The van der Waals surface area contributed by atoms with Crippen LogP contribution in [0.2, 0.25) is 0 Å². The number of hydrogen-bond donors (Lipinski definition) is 1. The van der Waals surface area contributed by atoms with Gasteiger partial charge in [0.1, 0.15) is 0 Å². The van der Waals surface area contributed by atoms with Crippen molar-refractivity contribution in [1.82, 2.24) is 10.2 Å². The largest absolute Gasteiger partial charge is 0.379 e. The Morgan fingerprint density at radius 2 is 1.81 bits per heavy atom. The Bertz CT molecular complexity index is 283. The number of rotatable bonds is 8. The van der Waals surface area contributed by atoms with Crippen molar-refractivity contribution in [2.24, 2.45) is 5.92 Å². The summed E-state index contributed by atoms with van der Waals surface area (Å²) < 4.78 is 5.60. The first-order valence-electron chi connectivity index (χ1n) is 9.29. The molecular weight excluding hydrogens is 260 g/mol. The van der Waals surface area contributed by atoms with E-state index in [2.05, 4.69) is 31.0 Å². The highest BCUT2D eigenvalue weighted by atomic mass is 16.5. The zero-order valence-electron chi connectivity index (χ0n) is 14.5. The molecule has 2 rings (SSSR count). The Hall–Kier alpha value is -0.120. The lowest BCUT2D eigenvalue weighted by Gasteiger charge is -2.49. The molecule has 1 saturated carbocycles. The molecule has 2 atom stereocenters. The summed E-state index contributed by atoms with van der Waals surface area (Å²) in [5.41, 5.74) is 0.405. The molecule has 0 bridgehead atoms. The number of nitrogens with zero attached hydrogens (tertiary/aromatic N) is 1. The predicted octanol–water partition coefficient (Wildman–Crippen LogP) is 3.44. The molecule has 124 valence electrons. The molecule has 3 nitrogen and oxygen atoms in total. The molecule has 1 heterocycles. The Labute approximate surface area is 131 Å². The summed E-state index contributed by atoms with van der Waals surface area (Å²) >= 11 is 0. The number of nitrogens with one attached hydrogen (secondary N) is 1. The molecule has 2 fully saturated rings. The fourth-order valence-electron chi connectivity index (χ4n) is 4.63. The molecule has 21 heavy (non-hydrogen) atoms. The molecule has 0 amide bonds. The van der Waals surface area contributed by atoms with Crippen LogP contribution in [0.4, 0.5) is 0 Å². The summed E-state index contributed by atoms with van der Waals surface area (Å²) in [7, 11) is 0. The molecule has 3 heteroatoms. The molecule has 2 unspecified atom stereocenters. The van der Waals surface area contributed by atoms with Crippen molar-refractivity contribution in [3.63, 3.8) is 0 Å². The van der Waals surface area contributed by atoms with Gasteiger partial charge in [0, 0.05) is 24.7 Å². The Balaban J connectivity index is 2.10. The monoisotopic (exact) mass is 296 g/mol. The lowest BCUT2D eigenvalue weighted by Crippen LogP contribution is -2.62. The van der Waals surface area contributed by atoms with Gasteiger partial charge < -0.3 is 10.1 Å². The van der Waals surface area contributed by atoms with E-state index in [1.165, 1.54) is 44.9 Å². The Kier molecular flexibility index (Phi) is 6.97. The molecule has 1 aliphatic carbocycles. The standard InChI is InChI=1S/C18H36N2O/c1-4-8-16(3)15-17(19-5-2)18(9-6-7-10-18)20-11-13-21-14-12-20/h16-17,19H,4-15H2,1-3H3. The topological polar surface area (TPSA) is 24.5 Å². The SMILES string of the molecule is CCCC(C)CC(NCC)C1(N2CCOCC2)CCCC1. The summed E-state index contributed by atoms with van der Waals surface area (Å²) in [4.78, 5) is 2.77. The minimum absolute atomic E-state index is 0.405. The normalized spacial score (nSPS) is 25.9. The minimum atomic E-state index is 0.405. The molecular formula is C18H36N2O. The lowest BCUT2D eigenvalue weighted by molar-refractivity contribution is -0.0386. The van der Waals surface area contributed by atoms with Gasteiger partial charge in [-0.3, -0.25) is 4.90 Å². The number of morpholine rings is 1. The predicted molar refractivity (Wildman–Crippen MR) is 89.7 cm³/mol. The first kappa shape index (κ1) is 17.2. The summed E-state index contributed by atoms with van der Waals surface area (Å²) in [6, 6.07) is 0.657. The van der Waals surface area contributed by atoms with Gasteiger partial charge in [0.2, 0.25) is 0 Å². The maximum Gasteiger partial charge on any atom is 0.0594 e. The minimum Gasteiger partial charge on any atom is -0.379 e. The van der Waals surface area contributed by atoms with E-state index in [-0.39, 0.29) is 0 Å². The van der Waals surface area contributed by atoms with Gasteiger partial charge in [0.15, 0.2) is 0 Å². The van der Waals surface area contributed by atoms with Gasteiger partial charge in [-0.15, -0.1) is 0 Å². The van der Waals surface area contributed by atoms with Crippen LogP contribution in [0, 0.1) is 5.92 Å². The zero-order chi connectivity index (χ0) is 15.1. The van der Waals surface area contributed by atoms with Gasteiger partial charge in [-0.05, 0) is 31.7 Å². The van der Waals surface area contributed by atoms with Crippen LogP contribution < -0.4 is 5.32 Å². The summed E-state index contributed by atoms with van der Waals surface area (Å²) in [6.07, 6.45) is 9.57. The van der Waals surface area contributed by atoms with E-state index in [1.54, 1.807) is 0 Å². The third kappa shape index (κ3) is 4.20. The summed E-state index contributed by atoms with van der Waals surface area (Å²) in [5.74, 6) is 0.831. The molecule has 0 aromatic carbocycles. The van der Waals surface area contributed by atoms with E-state index >= 15 is 0 Å². The third-order valence-corrected chi connectivity index (χ3v) is 5.63. The van der Waals surface area contributed by atoms with Crippen LogP contribution in [-0.4, -0.2) is 49.3 Å². The second-order valence-corrected chi connectivity index (χ2v) is 7.15. The highest BCUT2D eigenvalue weighted by Gasteiger charge is 2.46. The molecule has 0 aromatic heterocycles. The maximum absolute atomic E-state index is 5.60. The first-order valence-corrected chi connectivity index (χ1v) is 9.29. The van der Waals surface area contributed by atoms with Gasteiger partial charge in [-0.1, -0.05) is 46.5 Å². The van der Waals surface area contributed by atoms with Crippen molar-refractivity contribution in [2.75, 3.05) is 32.8 Å². The Morgan fingerprint density at radius 3 is 2.38 bits per heavy atom. The molecule has 1 N–H and O–H groups in total. The van der Waals surface area contributed by atoms with Crippen molar-refractivity contribution in [1.29, 1.82) is 0 Å². The van der Waals surface area contributed by atoms with Gasteiger partial charge in [0.25, 0.3) is 0 Å². The smallest absolute Gasteiger partial charge is 0.0594 e. The molecule has 0 radical (unpaired) electrons. The average Bonchev–Trinajstić information content (AvgIpc) is 2.99. The molecule has 1 aliphatic heterocycles. The third-order valence-electron chi connectivity index (χ3n) is 5.63. The maximum atomic E-state index is 5.60. The zero-order valence-corrected chi connectivity index (χ0v) is 14.5. The fourth-order valence-corrected chi connectivity index (χ4v) is 4.63. The van der Waals surface area contributed by atoms with Gasteiger partial charge in [-0.2, -0.15) is 0 Å². The summed E-state index contributed by atoms with van der Waals surface area (Å²) in [6.45, 7) is 12.2. The van der Waals surface area contributed by atoms with Gasteiger partial charge in [0.05, 0.1) is 13.2 Å². The van der Waals surface area contributed by atoms with E-state index in [0.29, 0.717) is 11.6 Å². The highest BCUT2D eigenvalue weighted by molar-refractivity contribution is 5.04. The molecule has 0 spiro atoms. The fraction of sp³-hybridized carbons (Fsp3) is 1.00. The van der Waals surface area contributed by atoms with Crippen molar-refractivity contribution >= 4 is 0 Å². The Morgan fingerprint density at radius 1 is 1.14 bits per heavy atom. The van der Waals surface area contributed by atoms with Crippen LogP contribution in [0.5, 0.6) is 0 Å². The van der Waals surface area contributed by atoms with Gasteiger partial charge >= 0.3 is 0 Å². The number of ether oxygens (including phenoxy) is 1. The van der Waals surface area contributed by atoms with Crippen molar-refractivity contribution in [3.05, 3.63) is 0 Å². The van der Waals surface area contributed by atoms with E-state index in [9.17, 15) is 0 Å². The van der Waals surface area contributed by atoms with Crippen molar-refractivity contribution in [3.8, 4) is 0 Å². The quantitative estimate of drug-likeness (QED) is 0.742. The second-order valence-electron chi connectivity index (χ2n) is 7.15. The highest BCUT2D eigenvalue weighted by Crippen LogP contribution is 2.40. The van der Waals surface area contributed by atoms with Crippen LogP contribution in [0.15, 0.2) is 0 Å². The molecule has 1 saturated heterocycles. The van der Waals surface area contributed by atoms with E-state index in [4.69, 9.17) is 4.74 Å². The van der Waals surface area contributed by atoms with Crippen LogP contribution in [0.25, 0.3) is 0 Å². The summed E-state index contributed by atoms with van der Waals surface area (Å²) in [5, 5.41) is 3.87. The van der Waals surface area contributed by atoms with Crippen LogP contribution in [0.1, 0.15) is 65.7 Å². The molecule has 2 aliphatic rings. The number of likely N-dealkylation sites (N-methyl/N-ethyl adjacent to an activating group) is 1.